The lowest BCUT2D eigenvalue weighted by Gasteiger charge is -2.21. The van der Waals surface area contributed by atoms with Gasteiger partial charge in [-0.1, -0.05) is 12.2 Å². The summed E-state index contributed by atoms with van der Waals surface area (Å²) in [4.78, 5) is 63.7. The number of aryl methyl sites for hydroxylation is 1. The van der Waals surface area contributed by atoms with Crippen molar-refractivity contribution in [2.45, 2.75) is 45.1 Å². The molecule has 4 amide bonds. The van der Waals surface area contributed by atoms with Crippen molar-refractivity contribution in [1.82, 2.24) is 4.90 Å². The molecular formula is C21H23N3O6S. The maximum Gasteiger partial charge on any atom is 0.329 e. The van der Waals surface area contributed by atoms with Gasteiger partial charge < -0.3 is 15.8 Å². The molecule has 1 aromatic heterocycles. The van der Waals surface area contributed by atoms with Gasteiger partial charge in [0, 0.05) is 4.88 Å². The molecule has 3 unspecified atom stereocenters. The van der Waals surface area contributed by atoms with Gasteiger partial charge in [0.05, 0.1) is 17.4 Å². The summed E-state index contributed by atoms with van der Waals surface area (Å²) in [7, 11) is 0. The third-order valence-electron chi connectivity index (χ3n) is 6.04. The Balaban J connectivity index is 1.36. The van der Waals surface area contributed by atoms with Gasteiger partial charge in [-0.15, -0.1) is 11.3 Å². The van der Waals surface area contributed by atoms with Crippen molar-refractivity contribution in [1.29, 1.82) is 0 Å². The maximum absolute atomic E-state index is 12.6. The van der Waals surface area contributed by atoms with Gasteiger partial charge in [0.2, 0.25) is 11.8 Å². The van der Waals surface area contributed by atoms with Gasteiger partial charge in [-0.05, 0) is 44.6 Å². The molecule has 164 valence electrons. The summed E-state index contributed by atoms with van der Waals surface area (Å²) < 4.78 is 5.05. The zero-order chi connectivity index (χ0) is 22.3. The van der Waals surface area contributed by atoms with Crippen molar-refractivity contribution >= 4 is 45.9 Å². The van der Waals surface area contributed by atoms with Crippen LogP contribution in [0.1, 0.15) is 47.0 Å². The molecule has 31 heavy (non-hydrogen) atoms. The number of nitrogens with zero attached hydrogens (tertiary/aromatic N) is 1. The number of imide groups is 1. The van der Waals surface area contributed by atoms with Crippen LogP contribution >= 0.6 is 11.3 Å². The quantitative estimate of drug-likeness (QED) is 0.383. The number of ether oxygens (including phenoxy) is 1. The Morgan fingerprint density at radius 3 is 2.45 bits per heavy atom. The number of amides is 4. The molecule has 0 spiro atoms. The first-order chi connectivity index (χ1) is 14.8. The third-order valence-corrected chi connectivity index (χ3v) is 7.24. The van der Waals surface area contributed by atoms with Crippen LogP contribution in [0.25, 0.3) is 0 Å². The highest BCUT2D eigenvalue weighted by molar-refractivity contribution is 7.17. The summed E-state index contributed by atoms with van der Waals surface area (Å²) in [6.07, 6.45) is 7.19. The minimum atomic E-state index is -1.12. The fourth-order valence-corrected chi connectivity index (χ4v) is 5.80. The van der Waals surface area contributed by atoms with Crippen LogP contribution in [0.2, 0.25) is 0 Å². The molecule has 0 aromatic carbocycles. The number of nitrogens with two attached hydrogens (primary N) is 1. The smallest absolute Gasteiger partial charge is 0.329 e. The second-order valence-electron chi connectivity index (χ2n) is 7.96. The normalized spacial score (nSPS) is 22.8. The van der Waals surface area contributed by atoms with Crippen molar-refractivity contribution < 1.29 is 28.7 Å². The molecule has 1 saturated heterocycles. The van der Waals surface area contributed by atoms with Gasteiger partial charge >= 0.3 is 5.97 Å². The molecule has 10 heteroatoms. The van der Waals surface area contributed by atoms with E-state index < -0.39 is 42.3 Å². The Morgan fingerprint density at radius 1 is 1.19 bits per heavy atom. The fourth-order valence-electron chi connectivity index (χ4n) is 4.49. The number of nitrogens with one attached hydrogen (secondary N) is 1. The highest BCUT2D eigenvalue weighted by Crippen LogP contribution is 2.39. The third kappa shape index (κ3) is 3.76. The van der Waals surface area contributed by atoms with Crippen LogP contribution in [0.5, 0.6) is 0 Å². The first-order valence-corrected chi connectivity index (χ1v) is 11.0. The number of allylic oxidation sites excluding steroid dienone is 2. The Bertz CT molecular complexity index is 987. The number of likely N-dealkylation sites (tertiary alicyclic amines) is 1. The Morgan fingerprint density at radius 2 is 1.84 bits per heavy atom. The van der Waals surface area contributed by atoms with Crippen LogP contribution in [0.15, 0.2) is 12.2 Å². The first kappa shape index (κ1) is 21.2. The van der Waals surface area contributed by atoms with E-state index in [0.717, 1.165) is 34.6 Å². The number of carbonyl (C=O) groups excluding carboxylic acids is 5. The van der Waals surface area contributed by atoms with Crippen molar-refractivity contribution in [3.05, 3.63) is 28.2 Å². The zero-order valence-corrected chi connectivity index (χ0v) is 17.8. The number of fused-ring (bicyclic) bond motifs is 2. The number of primary amides is 1. The van der Waals surface area contributed by atoms with Gasteiger partial charge in [0.1, 0.15) is 11.0 Å². The van der Waals surface area contributed by atoms with E-state index in [4.69, 9.17) is 10.5 Å². The van der Waals surface area contributed by atoms with Crippen LogP contribution in [0.4, 0.5) is 5.00 Å². The SMILES string of the molecule is CC(C(=O)OCC(=O)Nc1sc2c(c1C(N)=O)CCC2)N1C(=O)C2CC=CCC2C1=O. The van der Waals surface area contributed by atoms with Gasteiger partial charge in [-0.2, -0.15) is 0 Å². The topological polar surface area (TPSA) is 136 Å². The molecule has 0 saturated carbocycles. The predicted molar refractivity (Wildman–Crippen MR) is 111 cm³/mol. The van der Waals surface area contributed by atoms with E-state index in [-0.39, 0.29) is 11.8 Å². The molecule has 9 nitrogen and oxygen atoms in total. The number of rotatable bonds is 6. The standard InChI is InChI=1S/C21H23N3O6S/c1-10(24-19(27)11-5-2-3-6-12(11)20(24)28)21(29)30-9-15(25)23-18-16(17(22)26)13-7-4-8-14(13)31-18/h2-3,10-12H,4-9H2,1H3,(H2,22,26)(H,23,25). The van der Waals surface area contributed by atoms with Crippen LogP contribution in [0, 0.1) is 11.8 Å². The van der Waals surface area contributed by atoms with Gasteiger partial charge in [0.25, 0.3) is 11.8 Å². The summed E-state index contributed by atoms with van der Waals surface area (Å²) in [5.41, 5.74) is 6.66. The lowest BCUT2D eigenvalue weighted by Crippen LogP contribution is -2.45. The van der Waals surface area contributed by atoms with Crippen molar-refractivity contribution in [2.75, 3.05) is 11.9 Å². The number of thiophene rings is 1. The highest BCUT2D eigenvalue weighted by Gasteiger charge is 2.50. The maximum atomic E-state index is 12.6. The molecule has 0 radical (unpaired) electrons. The number of esters is 1. The number of anilines is 1. The average molecular weight is 445 g/mol. The van der Waals surface area contributed by atoms with Gasteiger partial charge in [0.15, 0.2) is 6.61 Å². The Labute approximate surface area is 182 Å². The molecule has 3 aliphatic rings. The summed E-state index contributed by atoms with van der Waals surface area (Å²) in [6.45, 7) is 0.810. The summed E-state index contributed by atoms with van der Waals surface area (Å²) >= 11 is 1.30. The van der Waals surface area contributed by atoms with Crippen LogP contribution in [-0.4, -0.2) is 47.1 Å². The Hall–Kier alpha value is -3.01. The first-order valence-electron chi connectivity index (χ1n) is 10.2. The number of hydrogen-bond acceptors (Lipinski definition) is 7. The summed E-state index contributed by atoms with van der Waals surface area (Å²) in [6, 6.07) is -1.12. The molecular weight excluding hydrogens is 422 g/mol. The van der Waals surface area contributed by atoms with Crippen molar-refractivity contribution in [2.24, 2.45) is 17.6 Å². The zero-order valence-electron chi connectivity index (χ0n) is 17.0. The summed E-state index contributed by atoms with van der Waals surface area (Å²) in [5.74, 6) is -3.72. The lowest BCUT2D eigenvalue weighted by atomic mass is 9.85. The predicted octanol–water partition coefficient (Wildman–Crippen LogP) is 1.16. The summed E-state index contributed by atoms with van der Waals surface area (Å²) in [5, 5.41) is 2.94. The molecule has 3 atom stereocenters. The average Bonchev–Trinajstić information content (AvgIpc) is 3.38. The van der Waals surface area contributed by atoms with Crippen LogP contribution in [0.3, 0.4) is 0 Å². The van der Waals surface area contributed by atoms with Crippen molar-refractivity contribution in [3.63, 3.8) is 0 Å². The van der Waals surface area contributed by atoms with E-state index in [2.05, 4.69) is 5.32 Å². The van der Waals surface area contributed by atoms with Crippen molar-refractivity contribution in [3.8, 4) is 0 Å². The minimum Gasteiger partial charge on any atom is -0.454 e. The van der Waals surface area contributed by atoms with E-state index in [1.54, 1.807) is 0 Å². The molecule has 1 fully saturated rings. The fraction of sp³-hybridized carbons (Fsp3) is 0.476. The van der Waals surface area contributed by atoms with E-state index >= 15 is 0 Å². The molecule has 3 N–H and O–H groups in total. The second-order valence-corrected chi connectivity index (χ2v) is 9.07. The molecule has 1 aliphatic heterocycles. The van der Waals surface area contributed by atoms with Gasteiger partial charge in [-0.3, -0.25) is 24.1 Å². The molecule has 0 bridgehead atoms. The number of carbonyl (C=O) groups is 5. The van der Waals surface area contributed by atoms with E-state index in [1.165, 1.54) is 18.3 Å². The molecule has 2 heterocycles. The highest BCUT2D eigenvalue weighted by atomic mass is 32.1. The minimum absolute atomic E-state index is 0.315. The van der Waals surface area contributed by atoms with E-state index in [1.807, 2.05) is 12.2 Å². The molecule has 2 aliphatic carbocycles. The Kier molecular flexibility index (Phi) is 5.65. The van der Waals surface area contributed by atoms with Crippen LogP contribution in [-0.2, 0) is 36.8 Å². The van der Waals surface area contributed by atoms with E-state index in [9.17, 15) is 24.0 Å². The monoisotopic (exact) mass is 445 g/mol. The molecule has 4 rings (SSSR count). The van der Waals surface area contributed by atoms with E-state index in [0.29, 0.717) is 23.4 Å². The second kappa shape index (κ2) is 8.26. The largest absolute Gasteiger partial charge is 0.454 e. The van der Waals surface area contributed by atoms with Gasteiger partial charge in [-0.25, -0.2) is 4.79 Å². The molecule has 1 aromatic rings. The lowest BCUT2D eigenvalue weighted by molar-refractivity contribution is -0.159. The van der Waals surface area contributed by atoms with Crippen LogP contribution < -0.4 is 11.1 Å². The number of hydrogen-bond donors (Lipinski definition) is 2.